The van der Waals surface area contributed by atoms with Crippen molar-refractivity contribution in [3.05, 3.63) is 94.8 Å². The number of rotatable bonds is 5. The zero-order valence-corrected chi connectivity index (χ0v) is 18.7. The Balaban J connectivity index is 1.28. The number of aromatic nitrogens is 3. The number of nitrogens with one attached hydrogen (secondary N) is 1. The monoisotopic (exact) mass is 472 g/mol. The third-order valence-electron chi connectivity index (χ3n) is 5.48. The van der Waals surface area contributed by atoms with E-state index in [1.807, 2.05) is 0 Å². The molecule has 0 spiro atoms. The van der Waals surface area contributed by atoms with Crippen molar-refractivity contribution in [1.82, 2.24) is 14.8 Å². The molecule has 1 aromatic heterocycles. The van der Waals surface area contributed by atoms with Crippen molar-refractivity contribution in [3.8, 4) is 11.4 Å². The van der Waals surface area contributed by atoms with Crippen LogP contribution in [0.1, 0.15) is 31.8 Å². The fourth-order valence-corrected chi connectivity index (χ4v) is 4.51. The molecule has 1 N–H and O–H groups in total. The minimum absolute atomic E-state index is 0.0577. The SMILES string of the molecule is Cn1c(SCC(=O)Nc2ccc3c(c2)C(=O)c2ccccc2C3=O)nnc1-c1ccc(F)cc1. The van der Waals surface area contributed by atoms with Crippen LogP contribution in [0.25, 0.3) is 11.4 Å². The molecule has 7 nitrogen and oxygen atoms in total. The second kappa shape index (κ2) is 8.68. The summed E-state index contributed by atoms with van der Waals surface area (Å²) in [6, 6.07) is 17.3. The highest BCUT2D eigenvalue weighted by Crippen LogP contribution is 2.29. The van der Waals surface area contributed by atoms with Crippen molar-refractivity contribution < 1.29 is 18.8 Å². The molecule has 3 aromatic carbocycles. The van der Waals surface area contributed by atoms with Gasteiger partial charge in [-0.05, 0) is 42.5 Å². The highest BCUT2D eigenvalue weighted by Gasteiger charge is 2.29. The predicted molar refractivity (Wildman–Crippen MR) is 125 cm³/mol. The Kier molecular flexibility index (Phi) is 5.54. The molecule has 9 heteroatoms. The number of nitrogens with zero attached hydrogens (tertiary/aromatic N) is 3. The molecule has 0 bridgehead atoms. The van der Waals surface area contributed by atoms with Crippen molar-refractivity contribution >= 4 is 34.9 Å². The molecule has 168 valence electrons. The zero-order chi connectivity index (χ0) is 23.8. The minimum Gasteiger partial charge on any atom is -0.325 e. The maximum atomic E-state index is 13.2. The lowest BCUT2D eigenvalue weighted by molar-refractivity contribution is -0.113. The molecule has 0 saturated carbocycles. The van der Waals surface area contributed by atoms with Crippen LogP contribution < -0.4 is 5.32 Å². The van der Waals surface area contributed by atoms with Gasteiger partial charge in [-0.3, -0.25) is 14.4 Å². The number of fused-ring (bicyclic) bond motifs is 2. The van der Waals surface area contributed by atoms with Crippen LogP contribution in [0.2, 0.25) is 0 Å². The van der Waals surface area contributed by atoms with E-state index in [4.69, 9.17) is 0 Å². The number of carbonyl (C=O) groups is 3. The molecule has 0 atom stereocenters. The van der Waals surface area contributed by atoms with Gasteiger partial charge in [0.1, 0.15) is 5.82 Å². The normalized spacial score (nSPS) is 12.3. The Labute approximate surface area is 198 Å². The molecule has 0 unspecified atom stereocenters. The highest BCUT2D eigenvalue weighted by atomic mass is 32.2. The summed E-state index contributed by atoms with van der Waals surface area (Å²) < 4.78 is 14.9. The number of carbonyl (C=O) groups excluding carboxylic acids is 3. The van der Waals surface area contributed by atoms with Gasteiger partial charge < -0.3 is 9.88 Å². The summed E-state index contributed by atoms with van der Waals surface area (Å²) in [6.45, 7) is 0. The van der Waals surface area contributed by atoms with Gasteiger partial charge in [-0.1, -0.05) is 36.0 Å². The van der Waals surface area contributed by atoms with E-state index in [0.29, 0.717) is 38.9 Å². The quantitative estimate of drug-likeness (QED) is 0.387. The topological polar surface area (TPSA) is 94.0 Å². The molecule has 0 aliphatic heterocycles. The molecular formula is C25H17FN4O3S. The number of hydrogen-bond donors (Lipinski definition) is 1. The van der Waals surface area contributed by atoms with E-state index in [0.717, 1.165) is 0 Å². The Morgan fingerprint density at radius 2 is 1.56 bits per heavy atom. The van der Waals surface area contributed by atoms with Crippen molar-refractivity contribution in [1.29, 1.82) is 0 Å². The maximum Gasteiger partial charge on any atom is 0.234 e. The molecule has 1 aliphatic carbocycles. The van der Waals surface area contributed by atoms with E-state index < -0.39 is 0 Å². The van der Waals surface area contributed by atoms with E-state index in [1.165, 1.54) is 30.0 Å². The van der Waals surface area contributed by atoms with Crippen molar-refractivity contribution in [2.75, 3.05) is 11.1 Å². The second-order valence-electron chi connectivity index (χ2n) is 7.67. The first-order chi connectivity index (χ1) is 16.4. The Morgan fingerprint density at radius 1 is 0.912 bits per heavy atom. The van der Waals surface area contributed by atoms with E-state index in [-0.39, 0.29) is 34.6 Å². The van der Waals surface area contributed by atoms with E-state index in [2.05, 4.69) is 15.5 Å². The lowest BCUT2D eigenvalue weighted by Crippen LogP contribution is -2.21. The van der Waals surface area contributed by atoms with Crippen molar-refractivity contribution in [2.45, 2.75) is 5.16 Å². The number of benzene rings is 3. The lowest BCUT2D eigenvalue weighted by Gasteiger charge is -2.18. The fourth-order valence-electron chi connectivity index (χ4n) is 3.80. The summed E-state index contributed by atoms with van der Waals surface area (Å²) in [5.41, 5.74) is 2.47. The Bertz CT molecular complexity index is 1460. The number of halogens is 1. The summed E-state index contributed by atoms with van der Waals surface area (Å²) >= 11 is 1.20. The van der Waals surface area contributed by atoms with Gasteiger partial charge in [-0.2, -0.15) is 0 Å². The molecular weight excluding hydrogens is 455 g/mol. The number of ketones is 2. The average molecular weight is 473 g/mol. The third-order valence-corrected chi connectivity index (χ3v) is 6.50. The Hall–Kier alpha value is -4.11. The molecule has 5 rings (SSSR count). The van der Waals surface area contributed by atoms with Crippen LogP contribution in [0.4, 0.5) is 10.1 Å². The van der Waals surface area contributed by atoms with Crippen molar-refractivity contribution in [2.24, 2.45) is 7.05 Å². The molecule has 0 fully saturated rings. The van der Waals surface area contributed by atoms with E-state index >= 15 is 0 Å². The molecule has 1 aliphatic rings. The first-order valence-corrected chi connectivity index (χ1v) is 11.3. The second-order valence-corrected chi connectivity index (χ2v) is 8.62. The zero-order valence-electron chi connectivity index (χ0n) is 17.9. The van der Waals surface area contributed by atoms with Gasteiger partial charge in [0.15, 0.2) is 22.5 Å². The van der Waals surface area contributed by atoms with Gasteiger partial charge in [-0.25, -0.2) is 4.39 Å². The lowest BCUT2D eigenvalue weighted by atomic mass is 9.84. The summed E-state index contributed by atoms with van der Waals surface area (Å²) in [6.07, 6.45) is 0. The standard InChI is InChI=1S/C25H17FN4O3S/c1-30-24(14-6-8-15(26)9-7-14)28-29-25(30)34-13-21(31)27-16-10-11-19-20(12-16)23(33)18-5-3-2-4-17(18)22(19)32/h2-12H,13H2,1H3,(H,27,31). The summed E-state index contributed by atoms with van der Waals surface area (Å²) in [4.78, 5) is 38.1. The number of anilines is 1. The molecule has 1 amide bonds. The highest BCUT2D eigenvalue weighted by molar-refractivity contribution is 7.99. The van der Waals surface area contributed by atoms with Crippen LogP contribution in [-0.2, 0) is 11.8 Å². The van der Waals surface area contributed by atoms with Crippen LogP contribution >= 0.6 is 11.8 Å². The molecule has 34 heavy (non-hydrogen) atoms. The fraction of sp³-hybridized carbons (Fsp3) is 0.0800. The van der Waals surface area contributed by atoms with Gasteiger partial charge in [-0.15, -0.1) is 10.2 Å². The predicted octanol–water partition coefficient (Wildman–Crippen LogP) is 4.13. The smallest absolute Gasteiger partial charge is 0.234 e. The summed E-state index contributed by atoms with van der Waals surface area (Å²) in [5.74, 6) is -0.481. The number of thioether (sulfide) groups is 1. The Morgan fingerprint density at radius 3 is 2.26 bits per heavy atom. The van der Waals surface area contributed by atoms with Crippen LogP contribution in [0.5, 0.6) is 0 Å². The number of amides is 1. The van der Waals surface area contributed by atoms with Gasteiger partial charge in [0, 0.05) is 40.6 Å². The molecule has 0 radical (unpaired) electrons. The van der Waals surface area contributed by atoms with E-state index in [9.17, 15) is 18.8 Å². The van der Waals surface area contributed by atoms with Gasteiger partial charge in [0.2, 0.25) is 5.91 Å². The first-order valence-electron chi connectivity index (χ1n) is 10.3. The van der Waals surface area contributed by atoms with Gasteiger partial charge in [0.25, 0.3) is 0 Å². The summed E-state index contributed by atoms with van der Waals surface area (Å²) in [5, 5.41) is 11.5. The molecule has 4 aromatic rings. The molecule has 0 saturated heterocycles. The van der Waals surface area contributed by atoms with Crippen molar-refractivity contribution in [3.63, 3.8) is 0 Å². The number of hydrogen-bond acceptors (Lipinski definition) is 6. The average Bonchev–Trinajstić information content (AvgIpc) is 3.22. The summed E-state index contributed by atoms with van der Waals surface area (Å²) in [7, 11) is 1.77. The largest absolute Gasteiger partial charge is 0.325 e. The van der Waals surface area contributed by atoms with Crippen LogP contribution in [0, 0.1) is 5.82 Å². The minimum atomic E-state index is -0.338. The van der Waals surface area contributed by atoms with E-state index in [1.54, 1.807) is 60.1 Å². The third kappa shape index (κ3) is 3.90. The van der Waals surface area contributed by atoms with Crippen LogP contribution in [0.15, 0.2) is 71.9 Å². The van der Waals surface area contributed by atoms with Gasteiger partial charge in [0.05, 0.1) is 5.75 Å². The maximum absolute atomic E-state index is 13.2. The van der Waals surface area contributed by atoms with Crippen LogP contribution in [-0.4, -0.2) is 38.0 Å². The molecule has 1 heterocycles. The van der Waals surface area contributed by atoms with Gasteiger partial charge >= 0.3 is 0 Å². The first kappa shape index (κ1) is 21.7. The van der Waals surface area contributed by atoms with Crippen LogP contribution in [0.3, 0.4) is 0 Å².